The summed E-state index contributed by atoms with van der Waals surface area (Å²) < 4.78 is 0. The highest BCUT2D eigenvalue weighted by molar-refractivity contribution is 5.92. The van der Waals surface area contributed by atoms with Gasteiger partial charge >= 0.3 is 0 Å². The maximum Gasteiger partial charge on any atom is 0.274 e. The van der Waals surface area contributed by atoms with Crippen LogP contribution in [0.1, 0.15) is 18.1 Å². The second-order valence-corrected chi connectivity index (χ2v) is 4.76. The minimum atomic E-state index is -0.419. The summed E-state index contributed by atoms with van der Waals surface area (Å²) in [6.07, 6.45) is 0.974. The van der Waals surface area contributed by atoms with Crippen molar-refractivity contribution >= 4 is 17.3 Å². The average molecular weight is 298 g/mol. The largest absolute Gasteiger partial charge is 0.370 e. The second-order valence-electron chi connectivity index (χ2n) is 4.76. The zero-order valence-electron chi connectivity index (χ0n) is 12.3. The first-order valence-corrected chi connectivity index (χ1v) is 6.98. The van der Waals surface area contributed by atoms with Gasteiger partial charge in [-0.3, -0.25) is 10.1 Å². The molecule has 22 heavy (non-hydrogen) atoms. The fourth-order valence-corrected chi connectivity index (χ4v) is 2.00. The lowest BCUT2D eigenvalue weighted by Gasteiger charge is -2.06. The molecule has 0 aliphatic carbocycles. The van der Waals surface area contributed by atoms with Crippen molar-refractivity contribution < 1.29 is 4.92 Å². The van der Waals surface area contributed by atoms with Gasteiger partial charge in [0.1, 0.15) is 0 Å². The van der Waals surface area contributed by atoms with Gasteiger partial charge in [0.25, 0.3) is 5.69 Å². The van der Waals surface area contributed by atoms with Gasteiger partial charge in [-0.05, 0) is 24.1 Å². The molecule has 0 aliphatic heterocycles. The number of benzene rings is 2. The lowest BCUT2D eigenvalue weighted by atomic mass is 10.1. The summed E-state index contributed by atoms with van der Waals surface area (Å²) >= 11 is 0. The predicted molar refractivity (Wildman–Crippen MR) is 87.9 cm³/mol. The number of anilines is 1. The van der Waals surface area contributed by atoms with Gasteiger partial charge in [0.15, 0.2) is 5.96 Å². The highest BCUT2D eigenvalue weighted by Gasteiger charge is 2.11. The number of aliphatic imine (C=N–C) groups is 1. The van der Waals surface area contributed by atoms with Gasteiger partial charge in [0, 0.05) is 11.8 Å². The fraction of sp³-hybridized carbons (Fsp3) is 0.188. The number of nitrogens with zero attached hydrogens (tertiary/aromatic N) is 2. The van der Waals surface area contributed by atoms with Gasteiger partial charge in [-0.2, -0.15) is 0 Å². The number of nitro benzene ring substituents is 1. The first-order chi connectivity index (χ1) is 10.6. The third-order valence-electron chi connectivity index (χ3n) is 3.24. The van der Waals surface area contributed by atoms with Crippen LogP contribution in [0, 0.1) is 10.1 Å². The topological polar surface area (TPSA) is 93.5 Å². The Morgan fingerprint density at radius 3 is 2.55 bits per heavy atom. The molecular weight excluding hydrogens is 280 g/mol. The number of rotatable bonds is 5. The smallest absolute Gasteiger partial charge is 0.274 e. The molecule has 2 aromatic rings. The van der Waals surface area contributed by atoms with Crippen LogP contribution in [0.2, 0.25) is 0 Å². The van der Waals surface area contributed by atoms with Crippen LogP contribution in [0.25, 0.3) is 0 Å². The molecule has 6 nitrogen and oxygen atoms in total. The van der Waals surface area contributed by atoms with Crippen LogP contribution in [0.4, 0.5) is 11.4 Å². The Kier molecular flexibility index (Phi) is 5.08. The van der Waals surface area contributed by atoms with E-state index in [2.05, 4.69) is 17.2 Å². The molecule has 2 rings (SSSR count). The number of hydrogen-bond donors (Lipinski definition) is 2. The SMILES string of the molecule is CCc1ccc(NC(N)=NCc2ccccc2[N+](=O)[O-])cc1. The van der Waals surface area contributed by atoms with E-state index < -0.39 is 4.92 Å². The second kappa shape index (κ2) is 7.21. The van der Waals surface area contributed by atoms with E-state index in [1.165, 1.54) is 11.6 Å². The number of nitrogens with one attached hydrogen (secondary N) is 1. The molecular formula is C16H18N4O2. The van der Waals surface area contributed by atoms with E-state index >= 15 is 0 Å². The number of aryl methyl sites for hydroxylation is 1. The number of para-hydroxylation sites is 1. The zero-order valence-corrected chi connectivity index (χ0v) is 12.3. The quantitative estimate of drug-likeness (QED) is 0.384. The van der Waals surface area contributed by atoms with E-state index in [1.807, 2.05) is 24.3 Å². The van der Waals surface area contributed by atoms with E-state index in [0.29, 0.717) is 5.56 Å². The van der Waals surface area contributed by atoms with Crippen molar-refractivity contribution in [2.45, 2.75) is 19.9 Å². The highest BCUT2D eigenvalue weighted by Crippen LogP contribution is 2.18. The lowest BCUT2D eigenvalue weighted by Crippen LogP contribution is -2.22. The molecule has 0 aliphatic rings. The van der Waals surface area contributed by atoms with Crippen molar-refractivity contribution in [3.63, 3.8) is 0 Å². The van der Waals surface area contributed by atoms with Crippen LogP contribution < -0.4 is 11.1 Å². The van der Waals surface area contributed by atoms with E-state index in [0.717, 1.165) is 12.1 Å². The Morgan fingerprint density at radius 2 is 1.91 bits per heavy atom. The van der Waals surface area contributed by atoms with Crippen molar-refractivity contribution in [3.8, 4) is 0 Å². The zero-order chi connectivity index (χ0) is 15.9. The Hall–Kier alpha value is -2.89. The number of nitrogens with two attached hydrogens (primary N) is 1. The van der Waals surface area contributed by atoms with Gasteiger partial charge < -0.3 is 11.1 Å². The van der Waals surface area contributed by atoms with Crippen molar-refractivity contribution in [2.75, 3.05) is 5.32 Å². The number of nitro groups is 1. The Labute approximate surface area is 128 Å². The Balaban J connectivity index is 2.05. The fourth-order valence-electron chi connectivity index (χ4n) is 2.00. The third-order valence-corrected chi connectivity index (χ3v) is 3.24. The molecule has 0 aromatic heterocycles. The highest BCUT2D eigenvalue weighted by atomic mass is 16.6. The van der Waals surface area contributed by atoms with Gasteiger partial charge in [-0.15, -0.1) is 0 Å². The molecule has 0 amide bonds. The third kappa shape index (κ3) is 4.05. The summed E-state index contributed by atoms with van der Waals surface area (Å²) in [7, 11) is 0. The van der Waals surface area contributed by atoms with E-state index in [-0.39, 0.29) is 18.2 Å². The van der Waals surface area contributed by atoms with E-state index in [1.54, 1.807) is 18.2 Å². The minimum Gasteiger partial charge on any atom is -0.370 e. The summed E-state index contributed by atoms with van der Waals surface area (Å²) in [5.74, 6) is 0.224. The molecule has 2 aromatic carbocycles. The number of guanidine groups is 1. The molecule has 6 heteroatoms. The molecule has 0 radical (unpaired) electrons. The van der Waals surface area contributed by atoms with Gasteiger partial charge in [0.05, 0.1) is 17.0 Å². The van der Waals surface area contributed by atoms with Gasteiger partial charge in [0.2, 0.25) is 0 Å². The molecule has 0 spiro atoms. The first kappa shape index (κ1) is 15.5. The standard InChI is InChI=1S/C16H18N4O2/c1-2-12-7-9-14(10-8-12)19-16(17)18-11-13-5-3-4-6-15(13)20(21)22/h3-10H,2,11H2,1H3,(H3,17,18,19). The van der Waals surface area contributed by atoms with Crippen LogP contribution >= 0.6 is 0 Å². The predicted octanol–water partition coefficient (Wildman–Crippen LogP) is 3.08. The lowest BCUT2D eigenvalue weighted by molar-refractivity contribution is -0.385. The molecule has 0 atom stereocenters. The van der Waals surface area contributed by atoms with Crippen LogP contribution in [0.5, 0.6) is 0 Å². The summed E-state index contributed by atoms with van der Waals surface area (Å²) in [5.41, 5.74) is 8.46. The van der Waals surface area contributed by atoms with Crippen LogP contribution in [0.15, 0.2) is 53.5 Å². The summed E-state index contributed by atoms with van der Waals surface area (Å²) in [6, 6.07) is 14.4. The summed E-state index contributed by atoms with van der Waals surface area (Å²) in [4.78, 5) is 14.7. The van der Waals surface area contributed by atoms with Gasteiger partial charge in [-0.25, -0.2) is 4.99 Å². The monoisotopic (exact) mass is 298 g/mol. The van der Waals surface area contributed by atoms with Crippen molar-refractivity contribution in [1.82, 2.24) is 0 Å². The van der Waals surface area contributed by atoms with Crippen molar-refractivity contribution in [3.05, 3.63) is 69.8 Å². The normalized spacial score (nSPS) is 11.2. The summed E-state index contributed by atoms with van der Waals surface area (Å²) in [6.45, 7) is 2.24. The molecule has 0 saturated heterocycles. The average Bonchev–Trinajstić information content (AvgIpc) is 2.54. The molecule has 0 bridgehead atoms. The number of hydrogen-bond acceptors (Lipinski definition) is 3. The van der Waals surface area contributed by atoms with Crippen LogP contribution in [-0.2, 0) is 13.0 Å². The minimum absolute atomic E-state index is 0.0475. The van der Waals surface area contributed by atoms with Crippen molar-refractivity contribution in [1.29, 1.82) is 0 Å². The van der Waals surface area contributed by atoms with Crippen molar-refractivity contribution in [2.24, 2.45) is 10.7 Å². The summed E-state index contributed by atoms with van der Waals surface area (Å²) in [5, 5.41) is 13.9. The molecule has 0 heterocycles. The molecule has 3 N–H and O–H groups in total. The maximum atomic E-state index is 10.9. The molecule has 0 saturated carbocycles. The Bertz CT molecular complexity index is 681. The maximum absolute atomic E-state index is 10.9. The van der Waals surface area contributed by atoms with Crippen LogP contribution in [0.3, 0.4) is 0 Å². The Morgan fingerprint density at radius 1 is 1.23 bits per heavy atom. The molecule has 0 fully saturated rings. The van der Waals surface area contributed by atoms with Crippen LogP contribution in [-0.4, -0.2) is 10.9 Å². The van der Waals surface area contributed by atoms with Gasteiger partial charge in [-0.1, -0.05) is 37.3 Å². The van der Waals surface area contributed by atoms with E-state index in [4.69, 9.17) is 5.73 Å². The first-order valence-electron chi connectivity index (χ1n) is 6.98. The molecule has 114 valence electrons. The van der Waals surface area contributed by atoms with E-state index in [9.17, 15) is 10.1 Å². The molecule has 0 unspecified atom stereocenters.